The number of H-pyrrole nitrogens is 1. The van der Waals surface area contributed by atoms with Crippen LogP contribution in [0.5, 0.6) is 0 Å². The normalized spacial score (nSPS) is 18.3. The maximum atomic E-state index is 12.5. The van der Waals surface area contributed by atoms with Crippen LogP contribution in [-0.2, 0) is 0 Å². The lowest BCUT2D eigenvalue weighted by Crippen LogP contribution is -2.38. The molecule has 6 heteroatoms. The molecular formula is C16H18BrN3O2. The number of halogens is 1. The van der Waals surface area contributed by atoms with Crippen LogP contribution in [0.3, 0.4) is 0 Å². The van der Waals surface area contributed by atoms with Gasteiger partial charge in [0.25, 0.3) is 5.91 Å². The molecule has 1 amide bonds. The van der Waals surface area contributed by atoms with Crippen LogP contribution in [0.15, 0.2) is 33.5 Å². The second kappa shape index (κ2) is 6.62. The van der Waals surface area contributed by atoms with E-state index in [1.807, 2.05) is 18.2 Å². The van der Waals surface area contributed by atoms with E-state index in [9.17, 15) is 9.59 Å². The van der Waals surface area contributed by atoms with Gasteiger partial charge in [0, 0.05) is 22.5 Å². The van der Waals surface area contributed by atoms with Crippen molar-refractivity contribution in [1.29, 1.82) is 0 Å². The number of benzene rings is 1. The average Bonchev–Trinajstić information content (AvgIpc) is 2.54. The number of para-hydroxylation sites is 1. The monoisotopic (exact) mass is 363 g/mol. The smallest absolute Gasteiger partial charge is 0.252 e. The van der Waals surface area contributed by atoms with E-state index in [0.29, 0.717) is 23.5 Å². The van der Waals surface area contributed by atoms with Gasteiger partial charge in [-0.05, 0) is 53.8 Å². The van der Waals surface area contributed by atoms with Crippen molar-refractivity contribution < 1.29 is 4.79 Å². The van der Waals surface area contributed by atoms with Crippen molar-refractivity contribution in [3.8, 4) is 0 Å². The number of carbonyl (C=O) groups excluding carboxylic acids is 1. The number of piperidine rings is 1. The first-order valence-corrected chi connectivity index (χ1v) is 8.25. The summed E-state index contributed by atoms with van der Waals surface area (Å²) in [6, 6.07) is 6.90. The topological polar surface area (TPSA) is 74.0 Å². The Morgan fingerprint density at radius 2 is 2.27 bits per heavy atom. The van der Waals surface area contributed by atoms with E-state index in [2.05, 4.69) is 31.5 Å². The average molecular weight is 364 g/mol. The van der Waals surface area contributed by atoms with Crippen LogP contribution in [0, 0.1) is 5.92 Å². The van der Waals surface area contributed by atoms with Crippen molar-refractivity contribution in [3.05, 3.63) is 44.7 Å². The molecule has 1 aromatic carbocycles. The third-order valence-corrected chi connectivity index (χ3v) is 4.68. The zero-order valence-corrected chi connectivity index (χ0v) is 13.7. The van der Waals surface area contributed by atoms with Crippen LogP contribution < -0.4 is 16.2 Å². The molecule has 0 bridgehead atoms. The first kappa shape index (κ1) is 15.2. The van der Waals surface area contributed by atoms with E-state index in [0.717, 1.165) is 35.8 Å². The summed E-state index contributed by atoms with van der Waals surface area (Å²) in [5.74, 6) is 0.262. The Hall–Kier alpha value is -1.66. The predicted molar refractivity (Wildman–Crippen MR) is 90.2 cm³/mol. The SMILES string of the molecule is O=C(NCC1CCCNC1)c1cc(=O)[nH]c2c(Br)cccc12. The fraction of sp³-hybridized carbons (Fsp3) is 0.375. The molecule has 1 aliphatic heterocycles. The van der Waals surface area contributed by atoms with Crippen molar-refractivity contribution >= 4 is 32.7 Å². The molecule has 0 aliphatic carbocycles. The third kappa shape index (κ3) is 3.23. The molecular weight excluding hydrogens is 346 g/mol. The number of amides is 1. The van der Waals surface area contributed by atoms with Crippen LogP contribution in [0.4, 0.5) is 0 Å². The molecule has 2 heterocycles. The van der Waals surface area contributed by atoms with E-state index >= 15 is 0 Å². The number of nitrogens with one attached hydrogen (secondary N) is 3. The van der Waals surface area contributed by atoms with Gasteiger partial charge >= 0.3 is 0 Å². The highest BCUT2D eigenvalue weighted by Crippen LogP contribution is 2.23. The van der Waals surface area contributed by atoms with Gasteiger partial charge in [-0.2, -0.15) is 0 Å². The van der Waals surface area contributed by atoms with Gasteiger partial charge in [0.1, 0.15) is 0 Å². The van der Waals surface area contributed by atoms with E-state index < -0.39 is 0 Å². The number of rotatable bonds is 3. The summed E-state index contributed by atoms with van der Waals surface area (Å²) in [5.41, 5.74) is 0.798. The molecule has 3 N–H and O–H groups in total. The van der Waals surface area contributed by atoms with Gasteiger partial charge in [-0.1, -0.05) is 12.1 Å². The molecule has 5 nitrogen and oxygen atoms in total. The summed E-state index contributed by atoms with van der Waals surface area (Å²) in [4.78, 5) is 27.0. The quantitative estimate of drug-likeness (QED) is 0.780. The van der Waals surface area contributed by atoms with Gasteiger partial charge < -0.3 is 15.6 Å². The summed E-state index contributed by atoms with van der Waals surface area (Å²) in [5, 5.41) is 7.04. The van der Waals surface area contributed by atoms with Crippen molar-refractivity contribution in [2.24, 2.45) is 5.92 Å². The van der Waals surface area contributed by atoms with Crippen LogP contribution in [0.1, 0.15) is 23.2 Å². The number of hydrogen-bond acceptors (Lipinski definition) is 3. The number of aromatic amines is 1. The van der Waals surface area contributed by atoms with Crippen LogP contribution in [0.25, 0.3) is 10.9 Å². The number of pyridine rings is 1. The lowest BCUT2D eigenvalue weighted by Gasteiger charge is -2.23. The second-order valence-corrected chi connectivity index (χ2v) is 6.49. The first-order chi connectivity index (χ1) is 10.6. The first-order valence-electron chi connectivity index (χ1n) is 7.45. The number of fused-ring (bicyclic) bond motifs is 1. The zero-order valence-electron chi connectivity index (χ0n) is 12.1. The van der Waals surface area contributed by atoms with Crippen LogP contribution in [-0.4, -0.2) is 30.5 Å². The Balaban J connectivity index is 1.84. The third-order valence-electron chi connectivity index (χ3n) is 4.02. The van der Waals surface area contributed by atoms with Crippen molar-refractivity contribution in [1.82, 2.24) is 15.6 Å². The van der Waals surface area contributed by atoms with Crippen molar-refractivity contribution in [2.75, 3.05) is 19.6 Å². The molecule has 2 aromatic rings. The summed E-state index contributed by atoms with van der Waals surface area (Å²) in [6.45, 7) is 2.62. The van der Waals surface area contributed by atoms with E-state index in [1.165, 1.54) is 6.07 Å². The van der Waals surface area contributed by atoms with Crippen LogP contribution >= 0.6 is 15.9 Å². The van der Waals surface area contributed by atoms with E-state index in [-0.39, 0.29) is 11.5 Å². The van der Waals surface area contributed by atoms with Gasteiger partial charge in [0.15, 0.2) is 0 Å². The maximum Gasteiger partial charge on any atom is 0.252 e. The number of hydrogen-bond donors (Lipinski definition) is 3. The number of aromatic nitrogens is 1. The van der Waals surface area contributed by atoms with Gasteiger partial charge in [0.05, 0.1) is 11.1 Å². The van der Waals surface area contributed by atoms with Crippen LogP contribution in [0.2, 0.25) is 0 Å². The zero-order chi connectivity index (χ0) is 15.5. The molecule has 0 radical (unpaired) electrons. The second-order valence-electron chi connectivity index (χ2n) is 5.63. The summed E-state index contributed by atoms with van der Waals surface area (Å²) >= 11 is 3.41. The molecule has 1 aromatic heterocycles. The van der Waals surface area contributed by atoms with Gasteiger partial charge in [-0.3, -0.25) is 9.59 Å². The van der Waals surface area contributed by atoms with Gasteiger partial charge in [-0.25, -0.2) is 0 Å². The van der Waals surface area contributed by atoms with Crippen molar-refractivity contribution in [2.45, 2.75) is 12.8 Å². The fourth-order valence-corrected chi connectivity index (χ4v) is 3.33. The lowest BCUT2D eigenvalue weighted by atomic mass is 9.99. The molecule has 1 atom stereocenters. The molecule has 1 aliphatic rings. The Labute approximate surface area is 136 Å². The highest BCUT2D eigenvalue weighted by atomic mass is 79.9. The minimum absolute atomic E-state index is 0.195. The standard InChI is InChI=1S/C16H18BrN3O2/c17-13-5-1-4-11-12(7-14(21)20-15(11)13)16(22)19-9-10-3-2-6-18-8-10/h1,4-5,7,10,18H,2-3,6,8-9H2,(H,19,22)(H,20,21). The predicted octanol–water partition coefficient (Wildman–Crippen LogP) is 2.02. The molecule has 3 rings (SSSR count). The molecule has 0 saturated carbocycles. The number of carbonyl (C=O) groups is 1. The molecule has 1 unspecified atom stereocenters. The largest absolute Gasteiger partial charge is 0.352 e. The maximum absolute atomic E-state index is 12.5. The summed E-state index contributed by atoms with van der Waals surface area (Å²) in [6.07, 6.45) is 2.26. The van der Waals surface area contributed by atoms with E-state index in [4.69, 9.17) is 0 Å². The molecule has 0 spiro atoms. The van der Waals surface area contributed by atoms with Gasteiger partial charge in [-0.15, -0.1) is 0 Å². The Kier molecular flexibility index (Phi) is 4.59. The molecule has 1 fully saturated rings. The highest BCUT2D eigenvalue weighted by molar-refractivity contribution is 9.10. The van der Waals surface area contributed by atoms with Crippen molar-refractivity contribution in [3.63, 3.8) is 0 Å². The summed E-state index contributed by atoms with van der Waals surface area (Å²) in [7, 11) is 0. The molecule has 116 valence electrons. The Bertz CT molecular complexity index is 751. The summed E-state index contributed by atoms with van der Waals surface area (Å²) < 4.78 is 0.772. The highest BCUT2D eigenvalue weighted by Gasteiger charge is 2.16. The van der Waals surface area contributed by atoms with Gasteiger partial charge in [0.2, 0.25) is 5.56 Å². The minimum atomic E-state index is -0.274. The van der Waals surface area contributed by atoms with E-state index in [1.54, 1.807) is 0 Å². The molecule has 22 heavy (non-hydrogen) atoms. The fourth-order valence-electron chi connectivity index (χ4n) is 2.86. The lowest BCUT2D eigenvalue weighted by molar-refractivity contribution is 0.0946. The Morgan fingerprint density at radius 1 is 1.41 bits per heavy atom. The minimum Gasteiger partial charge on any atom is -0.352 e. The Morgan fingerprint density at radius 3 is 3.05 bits per heavy atom. The molecule has 1 saturated heterocycles.